The molecule has 0 bridgehead atoms. The van der Waals surface area contributed by atoms with E-state index < -0.39 is 11.9 Å². The van der Waals surface area contributed by atoms with Crippen LogP contribution in [0.25, 0.3) is 33.4 Å². The highest BCUT2D eigenvalue weighted by atomic mass is 32.2. The van der Waals surface area contributed by atoms with Crippen molar-refractivity contribution >= 4 is 52.3 Å². The van der Waals surface area contributed by atoms with E-state index in [9.17, 15) is 29.4 Å². The Kier molecular flexibility index (Phi) is 11.3. The van der Waals surface area contributed by atoms with Gasteiger partial charge in [-0.05, 0) is 114 Å². The van der Waals surface area contributed by atoms with Gasteiger partial charge in [0.1, 0.15) is 27.1 Å². The third kappa shape index (κ3) is 7.83. The van der Waals surface area contributed by atoms with E-state index in [2.05, 4.69) is 29.4 Å². The summed E-state index contributed by atoms with van der Waals surface area (Å²) in [6.07, 6.45) is 4.57. The number of rotatable bonds is 13. The number of nitrogens with zero attached hydrogens (tertiary/aromatic N) is 2. The number of aromatic carboxylic acids is 1. The highest BCUT2D eigenvalue weighted by Crippen LogP contribution is 2.54. The van der Waals surface area contributed by atoms with Crippen molar-refractivity contribution < 1.29 is 33.8 Å². The molecule has 2 atom stereocenters. The zero-order chi connectivity index (χ0) is 37.9. The number of fused-ring (bicyclic) bond motifs is 4. The number of phenols is 1. The van der Waals surface area contributed by atoms with Crippen molar-refractivity contribution in [1.29, 1.82) is 0 Å². The second-order valence-electron chi connectivity index (χ2n) is 13.6. The van der Waals surface area contributed by atoms with Gasteiger partial charge in [0.2, 0.25) is 0 Å². The SMILES string of the molecule is CCSc1nnc(SCC)c2c1CCC1C(CC2)C1COC(=O)CCCNC(=O)c1ccc(-c2c3ccc(=O)cc-3oc3cc(O)ccc23)c(C(=O)O)c1. The Morgan fingerprint density at radius 2 is 1.59 bits per heavy atom. The minimum Gasteiger partial charge on any atom is -0.508 e. The predicted molar refractivity (Wildman–Crippen MR) is 208 cm³/mol. The molecule has 1 aromatic heterocycles. The minimum atomic E-state index is -1.25. The molecule has 280 valence electrons. The van der Waals surface area contributed by atoms with Crippen molar-refractivity contribution in [3.63, 3.8) is 0 Å². The van der Waals surface area contributed by atoms with Gasteiger partial charge in [-0.2, -0.15) is 0 Å². The summed E-state index contributed by atoms with van der Waals surface area (Å²) in [7, 11) is 0. The fourth-order valence-electron chi connectivity index (χ4n) is 7.77. The van der Waals surface area contributed by atoms with Gasteiger partial charge in [0.25, 0.3) is 5.91 Å². The smallest absolute Gasteiger partial charge is 0.336 e. The molecular formula is C41H41N3O8S2. The average Bonchev–Trinajstić information content (AvgIpc) is 3.81. The topological polar surface area (TPSA) is 169 Å². The Balaban J connectivity index is 0.942. The first-order valence-electron chi connectivity index (χ1n) is 18.3. The van der Waals surface area contributed by atoms with Crippen molar-refractivity contribution in [3.05, 3.63) is 87.1 Å². The van der Waals surface area contributed by atoms with Crippen LogP contribution >= 0.6 is 23.5 Å². The van der Waals surface area contributed by atoms with Crippen molar-refractivity contribution in [2.75, 3.05) is 24.7 Å². The molecule has 1 saturated carbocycles. The monoisotopic (exact) mass is 767 g/mol. The number of phenolic OH excluding ortho intramolecular Hbond substituents is 1. The lowest BCUT2D eigenvalue weighted by Gasteiger charge is -2.18. The highest BCUT2D eigenvalue weighted by Gasteiger charge is 2.50. The second-order valence-corrected chi connectivity index (χ2v) is 16.1. The fourth-order valence-corrected chi connectivity index (χ4v) is 9.31. The van der Waals surface area contributed by atoms with E-state index in [1.54, 1.807) is 41.7 Å². The number of carbonyl (C=O) groups is 3. The standard InChI is InChI=1S/C41H41N3O8S2/c1-3-53-39-28-15-13-25-26(14-16-29(28)40(44-43-39)54-4-2)33(25)21-51-36(47)6-5-17-42-38(48)22-7-10-27(32(18-22)41(49)50)37-30-11-8-23(45)19-34(30)52-35-20-24(46)9-12-31(35)37/h7-12,18-20,25-26,33,45H,3-6,13-17,21H2,1-2H3,(H,42,48)(H,49,50). The molecule has 1 amide bonds. The molecule has 3 aliphatic carbocycles. The molecule has 0 radical (unpaired) electrons. The van der Waals surface area contributed by atoms with E-state index in [0.29, 0.717) is 52.9 Å². The summed E-state index contributed by atoms with van der Waals surface area (Å²) in [6, 6.07) is 13.1. The summed E-state index contributed by atoms with van der Waals surface area (Å²) >= 11 is 3.51. The number of ether oxygens (including phenoxy) is 1. The van der Waals surface area contributed by atoms with E-state index in [1.807, 2.05) is 0 Å². The van der Waals surface area contributed by atoms with Crippen molar-refractivity contribution in [2.24, 2.45) is 17.8 Å². The molecular weight excluding hydrogens is 727 g/mol. The molecule has 11 nitrogen and oxygen atoms in total. The van der Waals surface area contributed by atoms with E-state index in [1.165, 1.54) is 47.5 Å². The lowest BCUT2D eigenvalue weighted by Crippen LogP contribution is -2.25. The molecule has 54 heavy (non-hydrogen) atoms. The molecule has 0 spiro atoms. The van der Waals surface area contributed by atoms with Crippen LogP contribution in [0.4, 0.5) is 0 Å². The van der Waals surface area contributed by atoms with E-state index in [4.69, 9.17) is 9.15 Å². The third-order valence-corrected chi connectivity index (χ3v) is 12.2. The minimum absolute atomic E-state index is 0.0527. The van der Waals surface area contributed by atoms with Crippen molar-refractivity contribution in [1.82, 2.24) is 15.5 Å². The molecule has 2 aromatic carbocycles. The number of esters is 1. The summed E-state index contributed by atoms with van der Waals surface area (Å²) in [4.78, 5) is 50.5. The first kappa shape index (κ1) is 37.4. The van der Waals surface area contributed by atoms with Gasteiger partial charge in [-0.15, -0.1) is 33.7 Å². The number of hydrogen-bond acceptors (Lipinski definition) is 11. The van der Waals surface area contributed by atoms with Crippen LogP contribution in [0, 0.1) is 17.8 Å². The normalized spacial score (nSPS) is 17.6. The van der Waals surface area contributed by atoms with Crippen molar-refractivity contribution in [2.45, 2.75) is 62.4 Å². The van der Waals surface area contributed by atoms with Crippen LogP contribution in [0.1, 0.15) is 71.4 Å². The predicted octanol–water partition coefficient (Wildman–Crippen LogP) is 7.48. The van der Waals surface area contributed by atoms with Crippen LogP contribution in [-0.4, -0.2) is 62.9 Å². The largest absolute Gasteiger partial charge is 0.508 e. The molecule has 13 heteroatoms. The molecule has 3 aromatic rings. The number of carboxylic acids is 1. The lowest BCUT2D eigenvalue weighted by molar-refractivity contribution is -0.144. The van der Waals surface area contributed by atoms with Gasteiger partial charge in [0, 0.05) is 47.2 Å². The molecule has 2 unspecified atom stereocenters. The first-order valence-corrected chi connectivity index (χ1v) is 20.3. The van der Waals surface area contributed by atoms with Gasteiger partial charge in [0.15, 0.2) is 5.43 Å². The molecule has 1 aliphatic heterocycles. The first-order chi connectivity index (χ1) is 26.2. The highest BCUT2D eigenvalue weighted by molar-refractivity contribution is 7.99. The van der Waals surface area contributed by atoms with E-state index in [-0.39, 0.29) is 52.6 Å². The summed E-state index contributed by atoms with van der Waals surface area (Å²) in [5.74, 6) is 1.50. The number of aromatic nitrogens is 2. The number of nitrogens with one attached hydrogen (secondary N) is 1. The van der Waals surface area contributed by atoms with Crippen LogP contribution in [0.3, 0.4) is 0 Å². The maximum absolute atomic E-state index is 13.1. The van der Waals surface area contributed by atoms with Gasteiger partial charge in [-0.3, -0.25) is 14.4 Å². The van der Waals surface area contributed by atoms with Crippen molar-refractivity contribution in [3.8, 4) is 28.2 Å². The molecule has 0 saturated heterocycles. The quantitative estimate of drug-likeness (QED) is 0.0468. The molecule has 4 aliphatic rings. The number of carbonyl (C=O) groups excluding carboxylic acids is 2. The Bertz CT molecular complexity index is 2230. The van der Waals surface area contributed by atoms with Crippen LogP contribution in [0.5, 0.6) is 5.75 Å². The second kappa shape index (κ2) is 16.2. The summed E-state index contributed by atoms with van der Waals surface area (Å²) < 4.78 is 11.6. The summed E-state index contributed by atoms with van der Waals surface area (Å²) in [6.45, 7) is 4.88. The van der Waals surface area contributed by atoms with Gasteiger partial charge in [0.05, 0.1) is 12.2 Å². The number of benzene rings is 3. The zero-order valence-electron chi connectivity index (χ0n) is 30.1. The number of hydrogen-bond donors (Lipinski definition) is 3. The Labute approximate surface area is 320 Å². The van der Waals surface area contributed by atoms with Crippen LogP contribution in [0.2, 0.25) is 0 Å². The Hall–Kier alpha value is -4.88. The summed E-state index contributed by atoms with van der Waals surface area (Å²) in [5, 5.41) is 34.8. The Morgan fingerprint density at radius 1 is 0.907 bits per heavy atom. The Morgan fingerprint density at radius 3 is 2.26 bits per heavy atom. The van der Waals surface area contributed by atoms with Crippen LogP contribution in [-0.2, 0) is 22.4 Å². The lowest BCUT2D eigenvalue weighted by atomic mass is 9.90. The average molecular weight is 768 g/mol. The van der Waals surface area contributed by atoms with Gasteiger partial charge >= 0.3 is 11.9 Å². The van der Waals surface area contributed by atoms with Crippen LogP contribution in [0.15, 0.2) is 73.9 Å². The number of thioether (sulfide) groups is 2. The van der Waals surface area contributed by atoms with E-state index >= 15 is 0 Å². The number of carboxylic acid groups (broad SMARTS) is 1. The molecule has 1 fully saturated rings. The number of aromatic hydroxyl groups is 1. The molecule has 3 N–H and O–H groups in total. The zero-order valence-corrected chi connectivity index (χ0v) is 31.7. The molecule has 2 heterocycles. The van der Waals surface area contributed by atoms with E-state index in [0.717, 1.165) is 47.2 Å². The molecule has 7 rings (SSSR count). The third-order valence-electron chi connectivity index (χ3n) is 10.4. The maximum atomic E-state index is 13.1. The maximum Gasteiger partial charge on any atom is 0.336 e. The summed E-state index contributed by atoms with van der Waals surface area (Å²) in [5.41, 5.74) is 4.02. The van der Waals surface area contributed by atoms with Crippen LogP contribution < -0.4 is 10.7 Å². The van der Waals surface area contributed by atoms with Gasteiger partial charge in [-0.25, -0.2) is 4.79 Å². The van der Waals surface area contributed by atoms with Gasteiger partial charge < -0.3 is 24.7 Å². The number of amides is 1. The fraction of sp³-hybridized carbons (Fsp3) is 0.366. The van der Waals surface area contributed by atoms with Gasteiger partial charge in [-0.1, -0.05) is 19.9 Å².